The molecule has 19 heavy (non-hydrogen) atoms. The van der Waals surface area contributed by atoms with Crippen LogP contribution in [0.1, 0.15) is 24.1 Å². The Kier molecular flexibility index (Phi) is 2.55. The van der Waals surface area contributed by atoms with Gasteiger partial charge in [0.25, 0.3) is 0 Å². The minimum Gasteiger partial charge on any atom is -0.378 e. The summed E-state index contributed by atoms with van der Waals surface area (Å²) in [6.07, 6.45) is -4.31. The van der Waals surface area contributed by atoms with Crippen molar-refractivity contribution in [1.29, 1.82) is 0 Å². The van der Waals surface area contributed by atoms with Crippen LogP contribution in [0.25, 0.3) is 11.1 Å². The molecule has 1 heterocycles. The van der Waals surface area contributed by atoms with Gasteiger partial charge in [0.15, 0.2) is 0 Å². The monoisotopic (exact) mass is 263 g/mol. The second kappa shape index (κ2) is 4.02. The van der Waals surface area contributed by atoms with Crippen molar-refractivity contribution in [3.8, 4) is 11.1 Å². The fraction of sp³-hybridized carbons (Fsp3) is 0.200. The summed E-state index contributed by atoms with van der Waals surface area (Å²) in [5, 5.41) is 3.23. The number of alkyl halides is 3. The van der Waals surface area contributed by atoms with E-state index in [1.54, 1.807) is 0 Å². The predicted molar refractivity (Wildman–Crippen MR) is 68.9 cm³/mol. The maximum Gasteiger partial charge on any atom is 0.416 e. The molecule has 1 atom stereocenters. The molecule has 3 rings (SSSR count). The van der Waals surface area contributed by atoms with Crippen molar-refractivity contribution in [3.63, 3.8) is 0 Å². The Bertz CT molecular complexity index is 632. The van der Waals surface area contributed by atoms with Gasteiger partial charge in [-0.25, -0.2) is 0 Å². The van der Waals surface area contributed by atoms with Gasteiger partial charge in [0.05, 0.1) is 5.56 Å². The maximum absolute atomic E-state index is 12.8. The van der Waals surface area contributed by atoms with E-state index < -0.39 is 11.7 Å². The van der Waals surface area contributed by atoms with Crippen LogP contribution >= 0.6 is 0 Å². The van der Waals surface area contributed by atoms with Crippen LogP contribution < -0.4 is 5.32 Å². The van der Waals surface area contributed by atoms with E-state index in [1.807, 2.05) is 31.2 Å². The molecular weight excluding hydrogens is 251 g/mol. The maximum atomic E-state index is 12.8. The van der Waals surface area contributed by atoms with Crippen LogP contribution in [-0.4, -0.2) is 0 Å². The first kappa shape index (κ1) is 12.1. The van der Waals surface area contributed by atoms with Crippen molar-refractivity contribution in [2.24, 2.45) is 0 Å². The molecule has 0 spiro atoms. The summed E-state index contributed by atoms with van der Waals surface area (Å²) in [6.45, 7) is 2.00. The summed E-state index contributed by atoms with van der Waals surface area (Å²) in [5.41, 5.74) is 2.64. The van der Waals surface area contributed by atoms with Crippen molar-refractivity contribution >= 4 is 5.69 Å². The van der Waals surface area contributed by atoms with Gasteiger partial charge < -0.3 is 5.32 Å². The Morgan fingerprint density at radius 1 is 1.00 bits per heavy atom. The molecule has 0 saturated carbocycles. The quantitative estimate of drug-likeness (QED) is 0.715. The summed E-state index contributed by atoms with van der Waals surface area (Å²) < 4.78 is 38.4. The lowest BCUT2D eigenvalue weighted by Crippen LogP contribution is -2.15. The molecule has 0 saturated heterocycles. The normalized spacial score (nSPS) is 17.4. The van der Waals surface area contributed by atoms with Gasteiger partial charge in [-0.15, -0.1) is 0 Å². The van der Waals surface area contributed by atoms with Crippen molar-refractivity contribution in [3.05, 3.63) is 53.6 Å². The van der Waals surface area contributed by atoms with Crippen LogP contribution in [0.3, 0.4) is 0 Å². The summed E-state index contributed by atoms with van der Waals surface area (Å²) in [5.74, 6) is 0. The number of benzene rings is 2. The molecule has 0 aliphatic carbocycles. The van der Waals surface area contributed by atoms with E-state index in [9.17, 15) is 13.2 Å². The highest BCUT2D eigenvalue weighted by atomic mass is 19.4. The van der Waals surface area contributed by atoms with Gasteiger partial charge in [-0.05, 0) is 36.2 Å². The minimum atomic E-state index is -4.31. The lowest BCUT2D eigenvalue weighted by atomic mass is 9.89. The largest absolute Gasteiger partial charge is 0.416 e. The average molecular weight is 263 g/mol. The molecule has 4 heteroatoms. The van der Waals surface area contributed by atoms with Gasteiger partial charge in [0, 0.05) is 17.3 Å². The van der Waals surface area contributed by atoms with Crippen LogP contribution in [0, 0.1) is 0 Å². The van der Waals surface area contributed by atoms with Crippen LogP contribution in [-0.2, 0) is 6.18 Å². The Balaban J connectivity index is 2.21. The molecule has 0 bridgehead atoms. The molecule has 1 N–H and O–H groups in total. The SMILES string of the molecule is CC1Nc2ccc(C(F)(F)F)cc2-c2ccccc21. The summed E-state index contributed by atoms with van der Waals surface area (Å²) >= 11 is 0. The van der Waals surface area contributed by atoms with Gasteiger partial charge in [-0.2, -0.15) is 13.2 Å². The standard InChI is InChI=1S/C15H12F3N/c1-9-11-4-2-3-5-12(11)13-8-10(15(16,17)18)6-7-14(13)19-9/h2-9,19H,1H3. The third-order valence-electron chi connectivity index (χ3n) is 3.44. The first-order valence-corrected chi connectivity index (χ1v) is 6.04. The van der Waals surface area contributed by atoms with Gasteiger partial charge in [-0.3, -0.25) is 0 Å². The average Bonchev–Trinajstić information content (AvgIpc) is 2.37. The molecule has 2 aromatic rings. The molecule has 2 aromatic carbocycles. The van der Waals surface area contributed by atoms with E-state index in [4.69, 9.17) is 0 Å². The Morgan fingerprint density at radius 2 is 1.74 bits per heavy atom. The number of hydrogen-bond acceptors (Lipinski definition) is 1. The second-order valence-corrected chi connectivity index (χ2v) is 4.71. The molecule has 0 radical (unpaired) electrons. The predicted octanol–water partition coefficient (Wildman–Crippen LogP) is 4.86. The van der Waals surface area contributed by atoms with Crippen LogP contribution in [0.5, 0.6) is 0 Å². The summed E-state index contributed by atoms with van der Waals surface area (Å²) in [6, 6.07) is 11.5. The van der Waals surface area contributed by atoms with E-state index in [2.05, 4.69) is 5.32 Å². The van der Waals surface area contributed by atoms with Gasteiger partial charge in [-0.1, -0.05) is 24.3 Å². The van der Waals surface area contributed by atoms with E-state index in [0.29, 0.717) is 5.56 Å². The summed E-state index contributed by atoms with van der Waals surface area (Å²) in [7, 11) is 0. The molecule has 1 nitrogen and oxygen atoms in total. The molecule has 1 aliphatic heterocycles. The number of rotatable bonds is 0. The third kappa shape index (κ3) is 1.97. The molecule has 1 unspecified atom stereocenters. The topological polar surface area (TPSA) is 12.0 Å². The number of hydrogen-bond donors (Lipinski definition) is 1. The Hall–Kier alpha value is -1.97. The Labute approximate surface area is 109 Å². The van der Waals surface area contributed by atoms with Crippen LogP contribution in [0.4, 0.5) is 18.9 Å². The first-order valence-electron chi connectivity index (χ1n) is 6.04. The van der Waals surface area contributed by atoms with Gasteiger partial charge in [0.2, 0.25) is 0 Å². The number of nitrogens with one attached hydrogen (secondary N) is 1. The van der Waals surface area contributed by atoms with Crippen molar-refractivity contribution in [2.75, 3.05) is 5.32 Å². The van der Waals surface area contributed by atoms with E-state index in [1.165, 1.54) is 12.1 Å². The first-order chi connectivity index (χ1) is 8.97. The molecule has 98 valence electrons. The van der Waals surface area contributed by atoms with E-state index in [-0.39, 0.29) is 6.04 Å². The van der Waals surface area contributed by atoms with Crippen molar-refractivity contribution < 1.29 is 13.2 Å². The lowest BCUT2D eigenvalue weighted by Gasteiger charge is -2.28. The van der Waals surface area contributed by atoms with Crippen LogP contribution in [0.2, 0.25) is 0 Å². The van der Waals surface area contributed by atoms with Gasteiger partial charge >= 0.3 is 6.18 Å². The smallest absolute Gasteiger partial charge is 0.378 e. The zero-order valence-corrected chi connectivity index (χ0v) is 10.3. The fourth-order valence-electron chi connectivity index (χ4n) is 2.50. The lowest BCUT2D eigenvalue weighted by molar-refractivity contribution is -0.137. The molecular formula is C15H12F3N. The zero-order valence-electron chi connectivity index (χ0n) is 10.3. The van der Waals surface area contributed by atoms with Gasteiger partial charge in [0.1, 0.15) is 0 Å². The van der Waals surface area contributed by atoms with E-state index in [0.717, 1.165) is 22.9 Å². The number of halogens is 3. The zero-order chi connectivity index (χ0) is 13.6. The molecule has 0 fully saturated rings. The number of fused-ring (bicyclic) bond motifs is 3. The van der Waals surface area contributed by atoms with E-state index >= 15 is 0 Å². The highest BCUT2D eigenvalue weighted by Gasteiger charge is 2.32. The van der Waals surface area contributed by atoms with Crippen LogP contribution in [0.15, 0.2) is 42.5 Å². The highest BCUT2D eigenvalue weighted by molar-refractivity contribution is 5.84. The number of anilines is 1. The highest BCUT2D eigenvalue weighted by Crippen LogP contribution is 2.42. The van der Waals surface area contributed by atoms with Crippen molar-refractivity contribution in [2.45, 2.75) is 19.1 Å². The molecule has 0 amide bonds. The Morgan fingerprint density at radius 3 is 2.47 bits per heavy atom. The van der Waals surface area contributed by atoms with Crippen molar-refractivity contribution in [1.82, 2.24) is 0 Å². The minimum absolute atomic E-state index is 0.0976. The fourth-order valence-corrected chi connectivity index (χ4v) is 2.50. The molecule has 0 aromatic heterocycles. The third-order valence-corrected chi connectivity index (χ3v) is 3.44. The molecule has 1 aliphatic rings. The second-order valence-electron chi connectivity index (χ2n) is 4.71. The summed E-state index contributed by atoms with van der Waals surface area (Å²) in [4.78, 5) is 0.